The van der Waals surface area contributed by atoms with E-state index in [-0.39, 0.29) is 17.6 Å². The quantitative estimate of drug-likeness (QED) is 0.843. The summed E-state index contributed by atoms with van der Waals surface area (Å²) in [6.07, 6.45) is 7.24. The highest BCUT2D eigenvalue weighted by atomic mass is 16.1. The number of rotatable bonds is 2. The highest BCUT2D eigenvalue weighted by Crippen LogP contribution is 2.17. The number of carbonyl (C=O) groups is 1. The molecule has 1 amide bonds. The molecule has 4 heteroatoms. The van der Waals surface area contributed by atoms with E-state index in [4.69, 9.17) is 5.26 Å². The normalized spacial score (nSPS) is 16.2. The van der Waals surface area contributed by atoms with Gasteiger partial charge in [0, 0.05) is 17.8 Å². The molecule has 0 unspecified atom stereocenters. The number of hydrogen-bond acceptors (Lipinski definition) is 3. The largest absolute Gasteiger partial charge is 0.349 e. The fraction of sp³-hybridized carbons (Fsp3) is 0.462. The number of nitriles is 1. The van der Waals surface area contributed by atoms with E-state index in [1.165, 1.54) is 31.5 Å². The van der Waals surface area contributed by atoms with Crippen LogP contribution in [0.15, 0.2) is 18.3 Å². The van der Waals surface area contributed by atoms with Gasteiger partial charge in [0.05, 0.1) is 0 Å². The summed E-state index contributed by atoms with van der Waals surface area (Å²) in [6, 6.07) is 5.39. The van der Waals surface area contributed by atoms with Crippen molar-refractivity contribution in [3.05, 3.63) is 29.6 Å². The molecule has 17 heavy (non-hydrogen) atoms. The van der Waals surface area contributed by atoms with Crippen LogP contribution in [0.25, 0.3) is 0 Å². The number of amides is 1. The third kappa shape index (κ3) is 3.04. The van der Waals surface area contributed by atoms with Gasteiger partial charge in [0.2, 0.25) is 0 Å². The van der Waals surface area contributed by atoms with E-state index in [0.717, 1.165) is 12.8 Å². The summed E-state index contributed by atoms with van der Waals surface area (Å²) >= 11 is 0. The Balaban J connectivity index is 2.01. The molecule has 1 N–H and O–H groups in total. The van der Waals surface area contributed by atoms with E-state index in [9.17, 15) is 4.79 Å². The average molecular weight is 229 g/mol. The van der Waals surface area contributed by atoms with Crippen LogP contribution >= 0.6 is 0 Å². The van der Waals surface area contributed by atoms with Gasteiger partial charge in [0.25, 0.3) is 5.91 Å². The van der Waals surface area contributed by atoms with E-state index >= 15 is 0 Å². The number of carbonyl (C=O) groups excluding carboxylic acids is 1. The molecule has 2 rings (SSSR count). The van der Waals surface area contributed by atoms with Gasteiger partial charge in [0.1, 0.15) is 11.8 Å². The molecule has 1 aromatic heterocycles. The first kappa shape index (κ1) is 11.6. The zero-order valence-electron chi connectivity index (χ0n) is 9.65. The number of aromatic nitrogens is 1. The first-order valence-electron chi connectivity index (χ1n) is 5.96. The lowest BCUT2D eigenvalue weighted by Crippen LogP contribution is -2.36. The predicted octanol–water partition coefficient (Wildman–Crippen LogP) is 2.02. The molecule has 4 nitrogen and oxygen atoms in total. The number of pyridine rings is 1. The highest BCUT2D eigenvalue weighted by Gasteiger charge is 2.16. The number of hydrogen-bond donors (Lipinski definition) is 1. The SMILES string of the molecule is N#Cc1cc(C(=O)NC2CCCCC2)ccn1. The van der Waals surface area contributed by atoms with Crippen LogP contribution in [0.3, 0.4) is 0 Å². The summed E-state index contributed by atoms with van der Waals surface area (Å²) in [5, 5.41) is 11.7. The van der Waals surface area contributed by atoms with Gasteiger partial charge in [-0.05, 0) is 25.0 Å². The third-order valence-corrected chi connectivity index (χ3v) is 3.08. The van der Waals surface area contributed by atoms with Crippen molar-refractivity contribution in [1.82, 2.24) is 10.3 Å². The van der Waals surface area contributed by atoms with Crippen molar-refractivity contribution in [1.29, 1.82) is 5.26 Å². The van der Waals surface area contributed by atoms with Gasteiger partial charge in [-0.3, -0.25) is 4.79 Å². The van der Waals surface area contributed by atoms with E-state index < -0.39 is 0 Å². The molecule has 1 fully saturated rings. The fourth-order valence-corrected chi connectivity index (χ4v) is 2.15. The molecule has 1 aliphatic rings. The Labute approximate surface area is 101 Å². The van der Waals surface area contributed by atoms with Crippen LogP contribution in [-0.2, 0) is 0 Å². The molecule has 0 bridgehead atoms. The Hall–Kier alpha value is -1.89. The lowest BCUT2D eigenvalue weighted by molar-refractivity contribution is 0.0927. The van der Waals surface area contributed by atoms with Crippen LogP contribution in [0, 0.1) is 11.3 Å². The molecule has 0 aliphatic heterocycles. The zero-order valence-corrected chi connectivity index (χ0v) is 9.65. The molecular formula is C13H15N3O. The van der Waals surface area contributed by atoms with Gasteiger partial charge in [-0.25, -0.2) is 4.98 Å². The van der Waals surface area contributed by atoms with Crippen LogP contribution in [0.1, 0.15) is 48.2 Å². The van der Waals surface area contributed by atoms with Crippen LogP contribution in [0.2, 0.25) is 0 Å². The standard InChI is InChI=1S/C13H15N3O/c14-9-12-8-10(6-7-15-12)13(17)16-11-4-2-1-3-5-11/h6-8,11H,1-5H2,(H,16,17). The second-order valence-corrected chi connectivity index (χ2v) is 4.35. The zero-order chi connectivity index (χ0) is 12.1. The van der Waals surface area contributed by atoms with Crippen molar-refractivity contribution in [3.63, 3.8) is 0 Å². The maximum absolute atomic E-state index is 11.9. The lowest BCUT2D eigenvalue weighted by Gasteiger charge is -2.22. The van der Waals surface area contributed by atoms with Gasteiger partial charge < -0.3 is 5.32 Å². The molecule has 1 saturated carbocycles. The summed E-state index contributed by atoms with van der Waals surface area (Å²) < 4.78 is 0. The third-order valence-electron chi connectivity index (χ3n) is 3.08. The second kappa shape index (κ2) is 5.44. The summed E-state index contributed by atoms with van der Waals surface area (Å²) in [6.45, 7) is 0. The summed E-state index contributed by atoms with van der Waals surface area (Å²) in [5.41, 5.74) is 0.795. The van der Waals surface area contributed by atoms with Crippen molar-refractivity contribution in [2.45, 2.75) is 38.1 Å². The Bertz CT molecular complexity index is 444. The van der Waals surface area contributed by atoms with Gasteiger partial charge in [-0.2, -0.15) is 5.26 Å². The van der Waals surface area contributed by atoms with E-state index in [1.807, 2.05) is 6.07 Å². The molecule has 1 aliphatic carbocycles. The Morgan fingerprint density at radius 3 is 2.88 bits per heavy atom. The topological polar surface area (TPSA) is 65.8 Å². The van der Waals surface area contributed by atoms with Gasteiger partial charge in [0.15, 0.2) is 0 Å². The summed E-state index contributed by atoms with van der Waals surface area (Å²) in [5.74, 6) is -0.101. The monoisotopic (exact) mass is 229 g/mol. The molecule has 1 heterocycles. The van der Waals surface area contributed by atoms with Gasteiger partial charge in [-0.1, -0.05) is 19.3 Å². The highest BCUT2D eigenvalue weighted by molar-refractivity contribution is 5.94. The van der Waals surface area contributed by atoms with Crippen molar-refractivity contribution < 1.29 is 4.79 Å². The summed E-state index contributed by atoms with van der Waals surface area (Å²) in [7, 11) is 0. The number of nitrogens with one attached hydrogen (secondary N) is 1. The van der Waals surface area contributed by atoms with Crippen LogP contribution in [0.4, 0.5) is 0 Å². The first-order valence-corrected chi connectivity index (χ1v) is 5.96. The lowest BCUT2D eigenvalue weighted by atomic mass is 9.95. The molecule has 0 atom stereocenters. The molecule has 0 spiro atoms. The molecule has 0 aromatic carbocycles. The Kier molecular flexibility index (Phi) is 3.71. The molecule has 88 valence electrons. The first-order chi connectivity index (χ1) is 8.29. The van der Waals surface area contributed by atoms with Crippen molar-refractivity contribution in [3.8, 4) is 6.07 Å². The molecule has 1 aromatic rings. The minimum absolute atomic E-state index is 0.101. The van der Waals surface area contributed by atoms with Crippen LogP contribution < -0.4 is 5.32 Å². The van der Waals surface area contributed by atoms with Crippen LogP contribution in [0.5, 0.6) is 0 Å². The maximum atomic E-state index is 11.9. The molecular weight excluding hydrogens is 214 g/mol. The second-order valence-electron chi connectivity index (χ2n) is 4.35. The average Bonchev–Trinajstić information content (AvgIpc) is 2.40. The summed E-state index contributed by atoms with van der Waals surface area (Å²) in [4.78, 5) is 15.8. The van der Waals surface area contributed by atoms with E-state index in [2.05, 4.69) is 10.3 Å². The number of nitrogens with zero attached hydrogens (tertiary/aromatic N) is 2. The van der Waals surface area contributed by atoms with Gasteiger partial charge in [-0.15, -0.1) is 0 Å². The smallest absolute Gasteiger partial charge is 0.251 e. The van der Waals surface area contributed by atoms with E-state index in [1.54, 1.807) is 6.07 Å². The van der Waals surface area contributed by atoms with Crippen molar-refractivity contribution in [2.75, 3.05) is 0 Å². The minimum atomic E-state index is -0.101. The van der Waals surface area contributed by atoms with E-state index in [0.29, 0.717) is 5.56 Å². The van der Waals surface area contributed by atoms with Crippen molar-refractivity contribution in [2.24, 2.45) is 0 Å². The minimum Gasteiger partial charge on any atom is -0.349 e. The predicted molar refractivity (Wildman–Crippen MR) is 63.3 cm³/mol. The maximum Gasteiger partial charge on any atom is 0.251 e. The fourth-order valence-electron chi connectivity index (χ4n) is 2.15. The molecule has 0 saturated heterocycles. The van der Waals surface area contributed by atoms with Gasteiger partial charge >= 0.3 is 0 Å². The Morgan fingerprint density at radius 1 is 1.41 bits per heavy atom. The Morgan fingerprint density at radius 2 is 2.18 bits per heavy atom. The van der Waals surface area contributed by atoms with Crippen LogP contribution in [-0.4, -0.2) is 16.9 Å². The van der Waals surface area contributed by atoms with Crippen molar-refractivity contribution >= 4 is 5.91 Å². The molecule has 0 radical (unpaired) electrons.